The van der Waals surface area contributed by atoms with Gasteiger partial charge in [0.05, 0.1) is 0 Å². The van der Waals surface area contributed by atoms with Gasteiger partial charge in [-0.1, -0.05) is 12.2 Å². The van der Waals surface area contributed by atoms with Gasteiger partial charge < -0.3 is 0 Å². The van der Waals surface area contributed by atoms with E-state index < -0.39 is 0 Å². The zero-order chi connectivity index (χ0) is 5.40. The summed E-state index contributed by atoms with van der Waals surface area (Å²) in [6, 6.07) is 0.704. The van der Waals surface area contributed by atoms with Crippen LogP contribution in [0.15, 0.2) is 12.2 Å². The molecule has 1 heterocycles. The fourth-order valence-electron chi connectivity index (χ4n) is 1.39. The van der Waals surface area contributed by atoms with E-state index in [0.29, 0.717) is 6.04 Å². The summed E-state index contributed by atoms with van der Waals surface area (Å²) in [5.41, 5.74) is 6.33. The van der Waals surface area contributed by atoms with Crippen molar-refractivity contribution >= 4 is 0 Å². The molecule has 0 aromatic heterocycles. The number of nitrogens with one attached hydrogen (secondary N) is 2. The summed E-state index contributed by atoms with van der Waals surface area (Å²) in [5.74, 6) is 0.773. The Balaban J connectivity index is 2.13. The first-order valence-electron chi connectivity index (χ1n) is 3.12. The zero-order valence-electron chi connectivity index (χ0n) is 4.72. The fraction of sp³-hybridized carbons (Fsp3) is 0.667. The highest BCUT2D eigenvalue weighted by Gasteiger charge is 2.26. The average Bonchev–Trinajstić information content (AvgIpc) is 2.15. The van der Waals surface area contributed by atoms with E-state index in [-0.39, 0.29) is 0 Å². The molecule has 2 heteroatoms. The highest BCUT2D eigenvalue weighted by Crippen LogP contribution is 2.19. The van der Waals surface area contributed by atoms with Crippen molar-refractivity contribution < 1.29 is 0 Å². The molecule has 8 heavy (non-hydrogen) atoms. The van der Waals surface area contributed by atoms with Crippen LogP contribution in [0.1, 0.15) is 6.42 Å². The van der Waals surface area contributed by atoms with Crippen molar-refractivity contribution in [2.24, 2.45) is 5.92 Å². The Hall–Kier alpha value is -0.340. The molecular weight excluding hydrogens is 100 g/mol. The third-order valence-corrected chi connectivity index (χ3v) is 1.92. The first-order chi connectivity index (χ1) is 3.97. The van der Waals surface area contributed by atoms with E-state index in [1.807, 2.05) is 0 Å². The second-order valence-electron chi connectivity index (χ2n) is 2.46. The molecule has 0 radical (unpaired) electrons. The van der Waals surface area contributed by atoms with Gasteiger partial charge in [0.2, 0.25) is 0 Å². The normalized spacial score (nSPS) is 43.0. The lowest BCUT2D eigenvalue weighted by atomic mass is 10.1. The van der Waals surface area contributed by atoms with Gasteiger partial charge in [0.15, 0.2) is 0 Å². The molecule has 0 saturated carbocycles. The highest BCUT2D eigenvalue weighted by atomic mass is 15.4. The number of hydrogen-bond acceptors (Lipinski definition) is 2. The first-order valence-corrected chi connectivity index (χ1v) is 3.12. The molecule has 2 N–H and O–H groups in total. The minimum absolute atomic E-state index is 0.704. The molecule has 0 aromatic carbocycles. The summed E-state index contributed by atoms with van der Waals surface area (Å²) >= 11 is 0. The molecule has 0 amide bonds. The molecule has 2 aliphatic rings. The molecule has 44 valence electrons. The summed E-state index contributed by atoms with van der Waals surface area (Å²) in [5, 5.41) is 0. The van der Waals surface area contributed by atoms with E-state index in [0.717, 1.165) is 12.5 Å². The fourth-order valence-corrected chi connectivity index (χ4v) is 1.39. The van der Waals surface area contributed by atoms with Crippen LogP contribution in [0.2, 0.25) is 0 Å². The summed E-state index contributed by atoms with van der Waals surface area (Å²) in [6.07, 6.45) is 5.75. The van der Waals surface area contributed by atoms with Crippen LogP contribution >= 0.6 is 0 Å². The van der Waals surface area contributed by atoms with Crippen LogP contribution < -0.4 is 10.9 Å². The average molecular weight is 110 g/mol. The van der Waals surface area contributed by atoms with E-state index in [2.05, 4.69) is 23.0 Å². The third kappa shape index (κ3) is 0.501. The standard InChI is InChI=1S/C6H10N2/c1-2-5-4-7-8-6(5)3-1/h1-2,5-8H,3-4H2. The summed E-state index contributed by atoms with van der Waals surface area (Å²) in [6.45, 7) is 1.11. The molecule has 1 saturated heterocycles. The maximum atomic E-state index is 3.21. The Labute approximate surface area is 48.9 Å². The van der Waals surface area contributed by atoms with E-state index >= 15 is 0 Å². The van der Waals surface area contributed by atoms with Crippen LogP contribution in [0.5, 0.6) is 0 Å². The van der Waals surface area contributed by atoms with Crippen molar-refractivity contribution in [3.8, 4) is 0 Å². The van der Waals surface area contributed by atoms with Gasteiger partial charge >= 0.3 is 0 Å². The third-order valence-electron chi connectivity index (χ3n) is 1.92. The molecule has 2 nitrogen and oxygen atoms in total. The van der Waals surface area contributed by atoms with Gasteiger partial charge in [0.25, 0.3) is 0 Å². The van der Waals surface area contributed by atoms with Gasteiger partial charge in [-0.2, -0.15) is 0 Å². The maximum Gasteiger partial charge on any atom is 0.0322 e. The van der Waals surface area contributed by atoms with Gasteiger partial charge in [0, 0.05) is 18.5 Å². The lowest BCUT2D eigenvalue weighted by Gasteiger charge is -2.03. The molecule has 2 unspecified atom stereocenters. The second-order valence-corrected chi connectivity index (χ2v) is 2.46. The lowest BCUT2D eigenvalue weighted by Crippen LogP contribution is -2.29. The smallest absolute Gasteiger partial charge is 0.0322 e. The van der Waals surface area contributed by atoms with Crippen molar-refractivity contribution in [3.63, 3.8) is 0 Å². The van der Waals surface area contributed by atoms with Crippen LogP contribution in [0, 0.1) is 5.92 Å². The Bertz CT molecular complexity index is 120. The van der Waals surface area contributed by atoms with E-state index in [9.17, 15) is 0 Å². The Morgan fingerprint density at radius 3 is 3.38 bits per heavy atom. The minimum Gasteiger partial charge on any atom is -0.257 e. The van der Waals surface area contributed by atoms with Crippen molar-refractivity contribution in [2.45, 2.75) is 12.5 Å². The van der Waals surface area contributed by atoms with Crippen LogP contribution in [-0.2, 0) is 0 Å². The quantitative estimate of drug-likeness (QED) is 0.430. The molecular formula is C6H10N2. The van der Waals surface area contributed by atoms with Crippen molar-refractivity contribution in [2.75, 3.05) is 6.54 Å². The van der Waals surface area contributed by atoms with Gasteiger partial charge in [-0.15, -0.1) is 0 Å². The van der Waals surface area contributed by atoms with Crippen molar-refractivity contribution in [1.82, 2.24) is 10.9 Å². The minimum atomic E-state index is 0.704. The Morgan fingerprint density at radius 1 is 1.50 bits per heavy atom. The zero-order valence-corrected chi connectivity index (χ0v) is 4.72. The van der Waals surface area contributed by atoms with Gasteiger partial charge in [-0.3, -0.25) is 10.9 Å². The van der Waals surface area contributed by atoms with Gasteiger partial charge in [0.1, 0.15) is 0 Å². The summed E-state index contributed by atoms with van der Waals surface area (Å²) < 4.78 is 0. The van der Waals surface area contributed by atoms with Crippen LogP contribution in [0.3, 0.4) is 0 Å². The SMILES string of the molecule is C1=CC2CNNC2C1. The monoisotopic (exact) mass is 110 g/mol. The van der Waals surface area contributed by atoms with Crippen molar-refractivity contribution in [3.05, 3.63) is 12.2 Å². The Morgan fingerprint density at radius 2 is 2.50 bits per heavy atom. The Kier molecular flexibility index (Phi) is 0.889. The van der Waals surface area contributed by atoms with E-state index in [1.165, 1.54) is 6.42 Å². The topological polar surface area (TPSA) is 24.1 Å². The largest absolute Gasteiger partial charge is 0.257 e. The molecule has 0 aromatic rings. The number of fused-ring (bicyclic) bond motifs is 1. The summed E-state index contributed by atoms with van der Waals surface area (Å²) in [7, 11) is 0. The molecule has 1 aliphatic heterocycles. The highest BCUT2D eigenvalue weighted by molar-refractivity contribution is 5.07. The van der Waals surface area contributed by atoms with Crippen molar-refractivity contribution in [1.29, 1.82) is 0 Å². The molecule has 0 bridgehead atoms. The predicted octanol–water partition coefficient (Wildman–Crippen LogP) is 0.0389. The second kappa shape index (κ2) is 1.57. The van der Waals surface area contributed by atoms with Gasteiger partial charge in [-0.05, 0) is 6.42 Å². The number of hydrogen-bond donors (Lipinski definition) is 2. The molecule has 2 rings (SSSR count). The van der Waals surface area contributed by atoms with E-state index in [1.54, 1.807) is 0 Å². The molecule has 2 atom stereocenters. The predicted molar refractivity (Wildman–Crippen MR) is 32.2 cm³/mol. The molecule has 1 fully saturated rings. The number of rotatable bonds is 0. The van der Waals surface area contributed by atoms with Crippen LogP contribution in [0.4, 0.5) is 0 Å². The molecule has 0 spiro atoms. The van der Waals surface area contributed by atoms with E-state index in [4.69, 9.17) is 0 Å². The first kappa shape index (κ1) is 4.53. The van der Waals surface area contributed by atoms with Crippen LogP contribution in [-0.4, -0.2) is 12.6 Å². The number of hydrazine groups is 1. The molecule has 1 aliphatic carbocycles. The summed E-state index contributed by atoms with van der Waals surface area (Å²) in [4.78, 5) is 0. The van der Waals surface area contributed by atoms with Crippen LogP contribution in [0.25, 0.3) is 0 Å². The van der Waals surface area contributed by atoms with Gasteiger partial charge in [-0.25, -0.2) is 0 Å². The maximum absolute atomic E-state index is 3.21. The lowest BCUT2D eigenvalue weighted by molar-refractivity contribution is 0.542.